The monoisotopic (exact) mass is 419 g/mol. The molecule has 0 fully saturated rings. The molecule has 0 radical (unpaired) electrons. The largest absolute Gasteiger partial charge is 0.350 e. The number of imide groups is 1. The van der Waals surface area contributed by atoms with Crippen LogP contribution < -0.4 is 10.6 Å². The molecule has 2 aromatic carbocycles. The molecule has 0 bridgehead atoms. The Labute approximate surface area is 146 Å². The fraction of sp³-hybridized carbons (Fsp3) is 0.0588. The number of carbonyl (C=O) groups is 2. The zero-order chi connectivity index (χ0) is 16.4. The minimum absolute atomic E-state index is 0.426. The van der Waals surface area contributed by atoms with Gasteiger partial charge in [-0.3, -0.25) is 10.1 Å². The summed E-state index contributed by atoms with van der Waals surface area (Å²) in [6.45, 7) is 0. The third-order valence-corrected chi connectivity index (χ3v) is 4.12. The normalized spacial score (nSPS) is 10.5. The van der Waals surface area contributed by atoms with Gasteiger partial charge < -0.3 is 9.88 Å². The number of hydrogen-bond acceptors (Lipinski definition) is 2. The van der Waals surface area contributed by atoms with Crippen LogP contribution in [0.15, 0.2) is 54.7 Å². The molecule has 0 saturated carbocycles. The van der Waals surface area contributed by atoms with Crippen LogP contribution in [-0.4, -0.2) is 16.5 Å². The zero-order valence-corrected chi connectivity index (χ0v) is 14.5. The molecule has 3 aromatic rings. The van der Waals surface area contributed by atoms with Gasteiger partial charge in [-0.1, -0.05) is 24.3 Å². The number of nitrogens with zero attached hydrogens (tertiary/aromatic N) is 1. The first-order valence-corrected chi connectivity index (χ1v) is 8.04. The van der Waals surface area contributed by atoms with E-state index in [1.807, 2.05) is 54.1 Å². The van der Waals surface area contributed by atoms with Gasteiger partial charge in [0, 0.05) is 33.4 Å². The molecule has 1 aromatic heterocycles. The van der Waals surface area contributed by atoms with Crippen LogP contribution in [0.4, 0.5) is 10.5 Å². The minimum atomic E-state index is -0.551. The van der Waals surface area contributed by atoms with Crippen molar-refractivity contribution in [2.24, 2.45) is 7.05 Å². The molecule has 5 nitrogen and oxygen atoms in total. The molecule has 0 aliphatic heterocycles. The summed E-state index contributed by atoms with van der Waals surface area (Å²) in [6, 6.07) is 14.4. The Hall–Kier alpha value is -2.35. The summed E-state index contributed by atoms with van der Waals surface area (Å²) in [5.41, 5.74) is 2.05. The maximum atomic E-state index is 12.4. The van der Waals surface area contributed by atoms with Crippen LogP contribution >= 0.6 is 22.6 Å². The van der Waals surface area contributed by atoms with Crippen molar-refractivity contribution in [3.05, 3.63) is 63.9 Å². The Balaban J connectivity index is 1.77. The number of halogens is 1. The quantitative estimate of drug-likeness (QED) is 0.622. The average Bonchev–Trinajstić information content (AvgIpc) is 2.85. The molecule has 0 saturated heterocycles. The number of hydrogen-bond donors (Lipinski definition) is 2. The van der Waals surface area contributed by atoms with E-state index in [0.29, 0.717) is 11.3 Å². The summed E-state index contributed by atoms with van der Waals surface area (Å²) in [4.78, 5) is 24.4. The molecule has 1 heterocycles. The standard InChI is InChI=1S/C17H14IN3O2/c1-21-10-14(13-7-2-3-8-15(13)21)16(22)20-17(23)19-12-6-4-5-11(18)9-12/h2-10H,1H3,(H2,19,20,22,23). The number of amides is 3. The maximum Gasteiger partial charge on any atom is 0.326 e. The van der Waals surface area contributed by atoms with Gasteiger partial charge in [-0.25, -0.2) is 4.79 Å². The van der Waals surface area contributed by atoms with E-state index in [2.05, 4.69) is 33.2 Å². The lowest BCUT2D eigenvalue weighted by Crippen LogP contribution is -2.34. The van der Waals surface area contributed by atoms with Gasteiger partial charge in [0.05, 0.1) is 5.56 Å². The topological polar surface area (TPSA) is 63.1 Å². The number of nitrogens with one attached hydrogen (secondary N) is 2. The van der Waals surface area contributed by atoms with E-state index in [1.165, 1.54) is 0 Å². The second-order valence-electron chi connectivity index (χ2n) is 5.09. The van der Waals surface area contributed by atoms with Gasteiger partial charge >= 0.3 is 6.03 Å². The zero-order valence-electron chi connectivity index (χ0n) is 12.3. The molecule has 23 heavy (non-hydrogen) atoms. The van der Waals surface area contributed by atoms with Crippen molar-refractivity contribution in [3.63, 3.8) is 0 Å². The van der Waals surface area contributed by atoms with Crippen LogP contribution in [-0.2, 0) is 7.05 Å². The van der Waals surface area contributed by atoms with Crippen molar-refractivity contribution in [1.82, 2.24) is 9.88 Å². The van der Waals surface area contributed by atoms with E-state index in [4.69, 9.17) is 0 Å². The summed E-state index contributed by atoms with van der Waals surface area (Å²) in [5, 5.41) is 5.84. The molecule has 2 N–H and O–H groups in total. The molecule has 0 aliphatic carbocycles. The maximum absolute atomic E-state index is 12.4. The van der Waals surface area contributed by atoms with Crippen molar-refractivity contribution < 1.29 is 9.59 Å². The molecule has 0 atom stereocenters. The Kier molecular flexibility index (Phi) is 4.33. The van der Waals surface area contributed by atoms with Gasteiger partial charge in [-0.15, -0.1) is 0 Å². The van der Waals surface area contributed by atoms with Crippen LogP contribution in [0.1, 0.15) is 10.4 Å². The predicted octanol–water partition coefficient (Wildman–Crippen LogP) is 3.74. The molecule has 116 valence electrons. The molecule has 3 amide bonds. The van der Waals surface area contributed by atoms with Crippen LogP contribution in [0.3, 0.4) is 0 Å². The summed E-state index contributed by atoms with van der Waals surface area (Å²) >= 11 is 2.16. The average molecular weight is 419 g/mol. The highest BCUT2D eigenvalue weighted by Crippen LogP contribution is 2.20. The fourth-order valence-electron chi connectivity index (χ4n) is 2.42. The lowest BCUT2D eigenvalue weighted by Gasteiger charge is -2.06. The first-order chi connectivity index (χ1) is 11.0. The lowest BCUT2D eigenvalue weighted by molar-refractivity contribution is 0.0968. The van der Waals surface area contributed by atoms with E-state index in [1.54, 1.807) is 12.3 Å². The molecule has 3 rings (SSSR count). The van der Waals surface area contributed by atoms with Crippen LogP contribution in [0.5, 0.6) is 0 Å². The molecule has 0 unspecified atom stereocenters. The fourth-order valence-corrected chi connectivity index (χ4v) is 2.96. The van der Waals surface area contributed by atoms with Crippen molar-refractivity contribution in [1.29, 1.82) is 0 Å². The lowest BCUT2D eigenvalue weighted by atomic mass is 10.1. The Morgan fingerprint density at radius 1 is 1.09 bits per heavy atom. The number of para-hydroxylation sites is 1. The second kappa shape index (κ2) is 6.41. The van der Waals surface area contributed by atoms with E-state index in [-0.39, 0.29) is 0 Å². The highest BCUT2D eigenvalue weighted by Gasteiger charge is 2.16. The second-order valence-corrected chi connectivity index (χ2v) is 6.34. The first-order valence-electron chi connectivity index (χ1n) is 6.96. The minimum Gasteiger partial charge on any atom is -0.350 e. The van der Waals surface area contributed by atoms with Gasteiger partial charge in [-0.2, -0.15) is 0 Å². The van der Waals surface area contributed by atoms with Crippen molar-refractivity contribution >= 4 is 51.1 Å². The number of aromatic nitrogens is 1. The third-order valence-electron chi connectivity index (χ3n) is 3.45. The number of benzene rings is 2. The molecule has 0 spiro atoms. The predicted molar refractivity (Wildman–Crippen MR) is 98.6 cm³/mol. The number of urea groups is 1. The van der Waals surface area contributed by atoms with Gasteiger partial charge in [0.1, 0.15) is 0 Å². The SMILES string of the molecule is Cn1cc(C(=O)NC(=O)Nc2cccc(I)c2)c2ccccc21. The van der Waals surface area contributed by atoms with Crippen LogP contribution in [0.25, 0.3) is 10.9 Å². The summed E-state index contributed by atoms with van der Waals surface area (Å²) < 4.78 is 2.86. The van der Waals surface area contributed by atoms with E-state index < -0.39 is 11.9 Å². The summed E-state index contributed by atoms with van der Waals surface area (Å²) in [6.07, 6.45) is 1.72. The molecular weight excluding hydrogens is 405 g/mol. The Bertz CT molecular complexity index is 902. The van der Waals surface area contributed by atoms with E-state index >= 15 is 0 Å². The first kappa shape index (κ1) is 15.5. The highest BCUT2D eigenvalue weighted by molar-refractivity contribution is 14.1. The summed E-state index contributed by atoms with van der Waals surface area (Å²) in [7, 11) is 1.87. The number of carbonyl (C=O) groups excluding carboxylic acids is 2. The number of anilines is 1. The van der Waals surface area contributed by atoms with Crippen LogP contribution in [0.2, 0.25) is 0 Å². The molecule has 6 heteroatoms. The third kappa shape index (κ3) is 3.37. The van der Waals surface area contributed by atoms with E-state index in [9.17, 15) is 9.59 Å². The van der Waals surface area contributed by atoms with Crippen molar-refractivity contribution in [2.45, 2.75) is 0 Å². The van der Waals surface area contributed by atoms with Gasteiger partial charge in [0.15, 0.2) is 0 Å². The van der Waals surface area contributed by atoms with Gasteiger partial charge in [0.25, 0.3) is 5.91 Å². The Morgan fingerprint density at radius 2 is 1.87 bits per heavy atom. The van der Waals surface area contributed by atoms with Gasteiger partial charge in [-0.05, 0) is 46.9 Å². The highest BCUT2D eigenvalue weighted by atomic mass is 127. The van der Waals surface area contributed by atoms with E-state index in [0.717, 1.165) is 14.5 Å². The van der Waals surface area contributed by atoms with Crippen molar-refractivity contribution in [3.8, 4) is 0 Å². The Morgan fingerprint density at radius 3 is 2.65 bits per heavy atom. The van der Waals surface area contributed by atoms with Gasteiger partial charge in [0.2, 0.25) is 0 Å². The number of fused-ring (bicyclic) bond motifs is 1. The van der Waals surface area contributed by atoms with Crippen molar-refractivity contribution in [2.75, 3.05) is 5.32 Å². The number of rotatable bonds is 2. The summed E-state index contributed by atoms with van der Waals surface area (Å²) in [5.74, 6) is -0.426. The smallest absolute Gasteiger partial charge is 0.326 e. The molecular formula is C17H14IN3O2. The molecule has 0 aliphatic rings. The number of aryl methyl sites for hydroxylation is 1. The van der Waals surface area contributed by atoms with Crippen LogP contribution in [0, 0.1) is 3.57 Å².